The topological polar surface area (TPSA) is 58.6 Å². The SMILES string of the molecule is CCOCC(C)NC(=O)c1ccc(O)c(C)c1. The van der Waals surface area contributed by atoms with Gasteiger partial charge in [0.25, 0.3) is 5.91 Å². The Balaban J connectivity index is 2.60. The van der Waals surface area contributed by atoms with Crippen LogP contribution in [0.4, 0.5) is 0 Å². The van der Waals surface area contributed by atoms with Crippen molar-refractivity contribution in [2.24, 2.45) is 0 Å². The van der Waals surface area contributed by atoms with E-state index in [1.165, 1.54) is 6.07 Å². The molecular formula is C13H19NO3. The second-order valence-electron chi connectivity index (χ2n) is 4.04. The summed E-state index contributed by atoms with van der Waals surface area (Å²) in [5.41, 5.74) is 1.23. The van der Waals surface area contributed by atoms with Crippen LogP contribution >= 0.6 is 0 Å². The summed E-state index contributed by atoms with van der Waals surface area (Å²) in [6.07, 6.45) is 0. The normalized spacial score (nSPS) is 12.2. The molecule has 0 aromatic heterocycles. The molecule has 0 aliphatic carbocycles. The van der Waals surface area contributed by atoms with Crippen molar-refractivity contribution in [3.05, 3.63) is 29.3 Å². The Kier molecular flexibility index (Phi) is 4.97. The van der Waals surface area contributed by atoms with Gasteiger partial charge in [-0.1, -0.05) is 0 Å². The number of amides is 1. The molecule has 0 fully saturated rings. The third-order valence-corrected chi connectivity index (χ3v) is 2.41. The molecule has 0 radical (unpaired) electrons. The van der Waals surface area contributed by atoms with E-state index in [1.807, 2.05) is 13.8 Å². The zero-order chi connectivity index (χ0) is 12.8. The van der Waals surface area contributed by atoms with E-state index < -0.39 is 0 Å². The van der Waals surface area contributed by atoms with Gasteiger partial charge in [0.1, 0.15) is 5.75 Å². The van der Waals surface area contributed by atoms with Crippen LogP contribution in [0.25, 0.3) is 0 Å². The third-order valence-electron chi connectivity index (χ3n) is 2.41. The number of rotatable bonds is 5. The van der Waals surface area contributed by atoms with Gasteiger partial charge in [0.15, 0.2) is 0 Å². The fourth-order valence-electron chi connectivity index (χ4n) is 1.44. The van der Waals surface area contributed by atoms with E-state index in [1.54, 1.807) is 19.1 Å². The molecule has 0 saturated carbocycles. The summed E-state index contributed by atoms with van der Waals surface area (Å²) in [6.45, 7) is 6.70. The van der Waals surface area contributed by atoms with Crippen molar-refractivity contribution in [2.75, 3.05) is 13.2 Å². The molecule has 1 amide bonds. The van der Waals surface area contributed by atoms with Gasteiger partial charge in [0, 0.05) is 18.2 Å². The summed E-state index contributed by atoms with van der Waals surface area (Å²) in [5.74, 6) is 0.0456. The van der Waals surface area contributed by atoms with Gasteiger partial charge in [-0.15, -0.1) is 0 Å². The summed E-state index contributed by atoms with van der Waals surface area (Å²) in [4.78, 5) is 11.8. The number of phenols is 1. The molecule has 17 heavy (non-hydrogen) atoms. The predicted octanol–water partition coefficient (Wildman–Crippen LogP) is 1.86. The molecule has 0 saturated heterocycles. The summed E-state index contributed by atoms with van der Waals surface area (Å²) < 4.78 is 5.22. The molecule has 4 heteroatoms. The number of carbonyl (C=O) groups excluding carboxylic acids is 1. The Hall–Kier alpha value is -1.55. The lowest BCUT2D eigenvalue weighted by Crippen LogP contribution is -2.35. The van der Waals surface area contributed by atoms with Crippen LogP contribution in [0.3, 0.4) is 0 Å². The minimum atomic E-state index is -0.152. The smallest absolute Gasteiger partial charge is 0.251 e. The fourth-order valence-corrected chi connectivity index (χ4v) is 1.44. The van der Waals surface area contributed by atoms with Crippen LogP contribution in [-0.4, -0.2) is 30.3 Å². The highest BCUT2D eigenvalue weighted by Gasteiger charge is 2.10. The Morgan fingerprint density at radius 1 is 1.53 bits per heavy atom. The van der Waals surface area contributed by atoms with Crippen molar-refractivity contribution in [3.63, 3.8) is 0 Å². The van der Waals surface area contributed by atoms with E-state index in [4.69, 9.17) is 4.74 Å². The van der Waals surface area contributed by atoms with Crippen molar-refractivity contribution < 1.29 is 14.6 Å². The molecule has 1 rings (SSSR count). The highest BCUT2D eigenvalue weighted by atomic mass is 16.5. The molecule has 0 aliphatic heterocycles. The maximum Gasteiger partial charge on any atom is 0.251 e. The number of hydrogen-bond acceptors (Lipinski definition) is 3. The lowest BCUT2D eigenvalue weighted by molar-refractivity contribution is 0.0872. The number of carbonyl (C=O) groups is 1. The van der Waals surface area contributed by atoms with E-state index in [9.17, 15) is 9.90 Å². The van der Waals surface area contributed by atoms with Crippen molar-refractivity contribution >= 4 is 5.91 Å². The maximum atomic E-state index is 11.8. The van der Waals surface area contributed by atoms with Crippen molar-refractivity contribution in [1.82, 2.24) is 5.32 Å². The molecule has 0 bridgehead atoms. The molecular weight excluding hydrogens is 218 g/mol. The number of aryl methyl sites for hydroxylation is 1. The number of ether oxygens (including phenoxy) is 1. The summed E-state index contributed by atoms with van der Waals surface area (Å²) in [6, 6.07) is 4.76. The number of hydrogen-bond donors (Lipinski definition) is 2. The molecule has 94 valence electrons. The van der Waals surface area contributed by atoms with E-state index in [2.05, 4.69) is 5.32 Å². The zero-order valence-electron chi connectivity index (χ0n) is 10.5. The standard InChI is InChI=1S/C13H19NO3/c1-4-17-8-10(3)14-13(16)11-5-6-12(15)9(2)7-11/h5-7,10,15H,4,8H2,1-3H3,(H,14,16). The van der Waals surface area contributed by atoms with Gasteiger partial charge >= 0.3 is 0 Å². The van der Waals surface area contributed by atoms with Gasteiger partial charge in [-0.05, 0) is 44.5 Å². The summed E-state index contributed by atoms with van der Waals surface area (Å²) in [7, 11) is 0. The molecule has 4 nitrogen and oxygen atoms in total. The van der Waals surface area contributed by atoms with Gasteiger partial charge in [-0.25, -0.2) is 0 Å². The van der Waals surface area contributed by atoms with Gasteiger partial charge in [0.05, 0.1) is 6.61 Å². The Labute approximate surface area is 102 Å². The average Bonchev–Trinajstić information content (AvgIpc) is 2.30. The summed E-state index contributed by atoms with van der Waals surface area (Å²) in [5, 5.41) is 12.2. The molecule has 0 aliphatic rings. The van der Waals surface area contributed by atoms with E-state index in [-0.39, 0.29) is 17.7 Å². The number of benzene rings is 1. The first-order valence-corrected chi connectivity index (χ1v) is 5.72. The van der Waals surface area contributed by atoms with Crippen LogP contribution in [0.1, 0.15) is 29.8 Å². The van der Waals surface area contributed by atoms with Gasteiger partial charge in [-0.3, -0.25) is 4.79 Å². The lowest BCUT2D eigenvalue weighted by Gasteiger charge is -2.14. The van der Waals surface area contributed by atoms with Gasteiger partial charge in [-0.2, -0.15) is 0 Å². The number of nitrogens with one attached hydrogen (secondary N) is 1. The maximum absolute atomic E-state index is 11.8. The highest BCUT2D eigenvalue weighted by molar-refractivity contribution is 5.94. The van der Waals surface area contributed by atoms with Crippen LogP contribution in [0.2, 0.25) is 0 Å². The predicted molar refractivity (Wildman–Crippen MR) is 66.3 cm³/mol. The average molecular weight is 237 g/mol. The first-order valence-electron chi connectivity index (χ1n) is 5.72. The second-order valence-corrected chi connectivity index (χ2v) is 4.04. The van der Waals surface area contributed by atoms with Crippen LogP contribution in [0.15, 0.2) is 18.2 Å². The van der Waals surface area contributed by atoms with Crippen LogP contribution in [0, 0.1) is 6.92 Å². The van der Waals surface area contributed by atoms with Crippen molar-refractivity contribution in [2.45, 2.75) is 26.8 Å². The molecule has 0 spiro atoms. The van der Waals surface area contributed by atoms with E-state index in [0.717, 1.165) is 0 Å². The van der Waals surface area contributed by atoms with Crippen molar-refractivity contribution in [1.29, 1.82) is 0 Å². The first kappa shape index (κ1) is 13.5. The lowest BCUT2D eigenvalue weighted by atomic mass is 10.1. The quantitative estimate of drug-likeness (QED) is 0.821. The Morgan fingerprint density at radius 2 is 2.24 bits per heavy atom. The monoisotopic (exact) mass is 237 g/mol. The Morgan fingerprint density at radius 3 is 2.82 bits per heavy atom. The number of aromatic hydroxyl groups is 1. The van der Waals surface area contributed by atoms with E-state index in [0.29, 0.717) is 24.3 Å². The van der Waals surface area contributed by atoms with Gasteiger partial charge in [0.2, 0.25) is 0 Å². The van der Waals surface area contributed by atoms with Gasteiger partial charge < -0.3 is 15.2 Å². The zero-order valence-corrected chi connectivity index (χ0v) is 10.5. The Bertz CT molecular complexity index is 390. The summed E-state index contributed by atoms with van der Waals surface area (Å²) >= 11 is 0. The molecule has 2 N–H and O–H groups in total. The molecule has 0 heterocycles. The molecule has 1 unspecified atom stereocenters. The molecule has 1 atom stereocenters. The molecule has 1 aromatic carbocycles. The second kappa shape index (κ2) is 6.25. The highest BCUT2D eigenvalue weighted by Crippen LogP contribution is 2.16. The van der Waals surface area contributed by atoms with Crippen LogP contribution < -0.4 is 5.32 Å². The largest absolute Gasteiger partial charge is 0.508 e. The fraction of sp³-hybridized carbons (Fsp3) is 0.462. The molecule has 1 aromatic rings. The first-order chi connectivity index (χ1) is 8.04. The minimum absolute atomic E-state index is 0.0310. The van der Waals surface area contributed by atoms with Crippen LogP contribution in [-0.2, 0) is 4.74 Å². The van der Waals surface area contributed by atoms with Crippen molar-refractivity contribution in [3.8, 4) is 5.75 Å². The van der Waals surface area contributed by atoms with E-state index >= 15 is 0 Å². The third kappa shape index (κ3) is 4.07. The minimum Gasteiger partial charge on any atom is -0.508 e. The number of phenolic OH excluding ortho intramolecular Hbond substituents is 1. The van der Waals surface area contributed by atoms with Crippen LogP contribution in [0.5, 0.6) is 5.75 Å².